The number of carbonyl (C=O) groups is 2. The van der Waals surface area contributed by atoms with E-state index in [2.05, 4.69) is 37.3 Å². The van der Waals surface area contributed by atoms with Crippen LogP contribution in [0, 0.1) is 0 Å². The van der Waals surface area contributed by atoms with Crippen LogP contribution in [0.5, 0.6) is 0 Å². The van der Waals surface area contributed by atoms with Crippen LogP contribution in [0.1, 0.15) is 64.1 Å². The molecule has 0 unspecified atom stereocenters. The van der Waals surface area contributed by atoms with Crippen LogP contribution in [0.3, 0.4) is 0 Å². The summed E-state index contributed by atoms with van der Waals surface area (Å²) in [4.78, 5) is 27.8. The average Bonchev–Trinajstić information content (AvgIpc) is 3.06. The van der Waals surface area contributed by atoms with Gasteiger partial charge in [0.15, 0.2) is 0 Å². The minimum absolute atomic E-state index is 0.122. The van der Waals surface area contributed by atoms with E-state index in [1.165, 1.54) is 16.7 Å². The Hall–Kier alpha value is -2.30. The van der Waals surface area contributed by atoms with Crippen molar-refractivity contribution in [3.63, 3.8) is 0 Å². The fraction of sp³-hybridized carbons (Fsp3) is 0.545. The lowest BCUT2D eigenvalue weighted by Gasteiger charge is -2.30. The van der Waals surface area contributed by atoms with Gasteiger partial charge < -0.3 is 14.5 Å². The van der Waals surface area contributed by atoms with Crippen LogP contribution in [0.2, 0.25) is 0 Å². The largest absolute Gasteiger partial charge is 0.444 e. The molecule has 0 aliphatic carbocycles. The molecule has 27 heavy (non-hydrogen) atoms. The molecule has 1 aromatic rings. The molecule has 0 saturated carbocycles. The summed E-state index contributed by atoms with van der Waals surface area (Å²) in [6.07, 6.45) is 4.30. The quantitative estimate of drug-likeness (QED) is 0.793. The lowest BCUT2D eigenvalue weighted by atomic mass is 9.97. The Morgan fingerprint density at radius 3 is 2.33 bits per heavy atom. The zero-order valence-corrected chi connectivity index (χ0v) is 16.8. The first-order valence-electron chi connectivity index (χ1n) is 9.81. The number of hydrogen-bond acceptors (Lipinski definition) is 3. The highest BCUT2D eigenvalue weighted by atomic mass is 16.6. The number of rotatable bonds is 3. The molecule has 1 aromatic carbocycles. The highest BCUT2D eigenvalue weighted by Gasteiger charge is 2.26. The molecular formula is C22H30N2O3. The van der Waals surface area contributed by atoms with E-state index in [1.807, 2.05) is 25.7 Å². The molecule has 0 aromatic heterocycles. The van der Waals surface area contributed by atoms with E-state index < -0.39 is 5.60 Å². The van der Waals surface area contributed by atoms with Crippen LogP contribution in [-0.4, -0.2) is 47.0 Å². The Bertz CT molecular complexity index is 731. The number of ether oxygens (including phenoxy) is 1. The summed E-state index contributed by atoms with van der Waals surface area (Å²) >= 11 is 0. The molecule has 5 heteroatoms. The summed E-state index contributed by atoms with van der Waals surface area (Å²) in [5, 5.41) is 0. The zero-order chi connectivity index (χ0) is 19.6. The van der Waals surface area contributed by atoms with Crippen molar-refractivity contribution in [1.82, 2.24) is 9.80 Å². The van der Waals surface area contributed by atoms with E-state index >= 15 is 0 Å². The number of carbonyl (C=O) groups excluding carboxylic acids is 2. The fourth-order valence-electron chi connectivity index (χ4n) is 3.66. The number of nitrogens with zero attached hydrogens (tertiary/aromatic N) is 2. The fourth-order valence-corrected chi connectivity index (χ4v) is 3.66. The molecule has 2 aliphatic heterocycles. The summed E-state index contributed by atoms with van der Waals surface area (Å²) in [6, 6.07) is 8.61. The molecule has 0 N–H and O–H groups in total. The second kappa shape index (κ2) is 7.75. The summed E-state index contributed by atoms with van der Waals surface area (Å²) in [7, 11) is 0. The van der Waals surface area contributed by atoms with E-state index in [9.17, 15) is 9.59 Å². The molecule has 0 spiro atoms. The van der Waals surface area contributed by atoms with Gasteiger partial charge in [-0.3, -0.25) is 4.79 Å². The monoisotopic (exact) mass is 370 g/mol. The molecule has 0 radical (unpaired) electrons. The molecule has 146 valence electrons. The standard InChI is InChI=1S/C22H30N2O3/c1-16(24-13-5-6-20(24)25)17-7-9-18(10-8-17)19-11-14-23(15-12-19)21(26)27-22(2,3)4/h7-11,16H,5-6,12-15H2,1-4H3/t16-/m1/s1. The van der Waals surface area contributed by atoms with Gasteiger partial charge in [0.25, 0.3) is 0 Å². The van der Waals surface area contributed by atoms with Gasteiger partial charge in [0.2, 0.25) is 5.91 Å². The molecule has 0 bridgehead atoms. The van der Waals surface area contributed by atoms with E-state index in [1.54, 1.807) is 4.90 Å². The first-order valence-corrected chi connectivity index (χ1v) is 9.81. The minimum atomic E-state index is -0.468. The smallest absolute Gasteiger partial charge is 0.410 e. The molecule has 1 atom stereocenters. The number of likely N-dealkylation sites (tertiary alicyclic amines) is 1. The normalized spacial score (nSPS) is 19.1. The van der Waals surface area contributed by atoms with Crippen LogP contribution >= 0.6 is 0 Å². The lowest BCUT2D eigenvalue weighted by Crippen LogP contribution is -2.39. The first-order chi connectivity index (χ1) is 12.7. The number of amides is 2. The van der Waals surface area contributed by atoms with Crippen LogP contribution in [0.4, 0.5) is 4.79 Å². The Morgan fingerprint density at radius 2 is 1.81 bits per heavy atom. The van der Waals surface area contributed by atoms with Crippen LogP contribution < -0.4 is 0 Å². The third-order valence-corrected chi connectivity index (χ3v) is 5.20. The molecular weight excluding hydrogens is 340 g/mol. The maximum absolute atomic E-state index is 12.2. The zero-order valence-electron chi connectivity index (χ0n) is 16.8. The van der Waals surface area contributed by atoms with Crippen molar-refractivity contribution in [2.45, 2.75) is 58.6 Å². The molecule has 5 nitrogen and oxygen atoms in total. The van der Waals surface area contributed by atoms with Crippen molar-refractivity contribution in [2.24, 2.45) is 0 Å². The van der Waals surface area contributed by atoms with Crippen LogP contribution in [0.25, 0.3) is 5.57 Å². The lowest BCUT2D eigenvalue weighted by molar-refractivity contribution is -0.129. The van der Waals surface area contributed by atoms with Gasteiger partial charge in [-0.05, 0) is 57.2 Å². The summed E-state index contributed by atoms with van der Waals surface area (Å²) in [6.45, 7) is 9.84. The topological polar surface area (TPSA) is 49.9 Å². The van der Waals surface area contributed by atoms with E-state index in [-0.39, 0.29) is 18.0 Å². The van der Waals surface area contributed by atoms with Crippen molar-refractivity contribution >= 4 is 17.6 Å². The molecule has 2 aliphatic rings. The second-order valence-corrected chi connectivity index (χ2v) is 8.39. The third kappa shape index (κ3) is 4.71. The average molecular weight is 370 g/mol. The Labute approximate surface area is 162 Å². The van der Waals surface area contributed by atoms with Gasteiger partial charge in [0.1, 0.15) is 5.60 Å². The van der Waals surface area contributed by atoms with Gasteiger partial charge in [0.05, 0.1) is 6.04 Å². The highest BCUT2D eigenvalue weighted by molar-refractivity contribution is 5.78. The van der Waals surface area contributed by atoms with Gasteiger partial charge in [-0.2, -0.15) is 0 Å². The van der Waals surface area contributed by atoms with Crippen molar-refractivity contribution in [3.05, 3.63) is 41.5 Å². The van der Waals surface area contributed by atoms with Gasteiger partial charge in [-0.25, -0.2) is 4.79 Å². The number of benzene rings is 1. The molecule has 2 heterocycles. The highest BCUT2D eigenvalue weighted by Crippen LogP contribution is 2.28. The Morgan fingerprint density at radius 1 is 1.11 bits per heavy atom. The molecule has 3 rings (SSSR count). The predicted octanol–water partition coefficient (Wildman–Crippen LogP) is 4.39. The maximum Gasteiger partial charge on any atom is 0.410 e. The Balaban J connectivity index is 1.62. The summed E-state index contributed by atoms with van der Waals surface area (Å²) in [5.74, 6) is 0.254. The summed E-state index contributed by atoms with van der Waals surface area (Å²) < 4.78 is 5.44. The van der Waals surface area contributed by atoms with E-state index in [0.717, 1.165) is 19.4 Å². The molecule has 1 fully saturated rings. The van der Waals surface area contributed by atoms with Crippen molar-refractivity contribution in [2.75, 3.05) is 19.6 Å². The first kappa shape index (κ1) is 19.5. The van der Waals surface area contributed by atoms with Crippen molar-refractivity contribution in [3.8, 4) is 0 Å². The second-order valence-electron chi connectivity index (χ2n) is 8.39. The van der Waals surface area contributed by atoms with Gasteiger partial charge >= 0.3 is 6.09 Å². The minimum Gasteiger partial charge on any atom is -0.444 e. The molecule has 1 saturated heterocycles. The van der Waals surface area contributed by atoms with E-state index in [4.69, 9.17) is 4.74 Å². The Kier molecular flexibility index (Phi) is 5.59. The van der Waals surface area contributed by atoms with Gasteiger partial charge in [-0.15, -0.1) is 0 Å². The SMILES string of the molecule is C[C@H](c1ccc(C2=CCN(C(=O)OC(C)(C)C)CC2)cc1)N1CCCC1=O. The predicted molar refractivity (Wildman–Crippen MR) is 106 cm³/mol. The molecule has 2 amide bonds. The van der Waals surface area contributed by atoms with Gasteiger partial charge in [-0.1, -0.05) is 30.3 Å². The van der Waals surface area contributed by atoms with Gasteiger partial charge in [0, 0.05) is 26.1 Å². The van der Waals surface area contributed by atoms with Crippen molar-refractivity contribution < 1.29 is 14.3 Å². The van der Waals surface area contributed by atoms with E-state index in [0.29, 0.717) is 19.5 Å². The van der Waals surface area contributed by atoms with Crippen molar-refractivity contribution in [1.29, 1.82) is 0 Å². The van der Waals surface area contributed by atoms with Crippen LogP contribution in [-0.2, 0) is 9.53 Å². The van der Waals surface area contributed by atoms with Crippen LogP contribution in [0.15, 0.2) is 30.3 Å². The summed E-state index contributed by atoms with van der Waals surface area (Å²) in [5.41, 5.74) is 3.14. The maximum atomic E-state index is 12.2. The number of hydrogen-bond donors (Lipinski definition) is 0. The third-order valence-electron chi connectivity index (χ3n) is 5.20.